The van der Waals surface area contributed by atoms with Crippen molar-refractivity contribution in [1.29, 1.82) is 0 Å². The van der Waals surface area contributed by atoms with Crippen LogP contribution in [-0.4, -0.2) is 46.0 Å². The predicted molar refractivity (Wildman–Crippen MR) is 130 cm³/mol. The maximum atomic E-state index is 12.8. The number of rotatable bonds is 9. The second-order valence-corrected chi connectivity index (χ2v) is 11.2. The highest BCUT2D eigenvalue weighted by Crippen LogP contribution is 2.30. The van der Waals surface area contributed by atoms with Crippen LogP contribution in [0.4, 0.5) is 10.8 Å². The molecule has 168 valence electrons. The number of aromatic amines is 1. The SMILES string of the molecule is CCN(CC)S(=O)(=O)c1ccc2nc(CSc3nnc(Nc4ccc(C)cc4)s3)[nH]c2c1. The number of sulfonamides is 1. The van der Waals surface area contributed by atoms with Crippen molar-refractivity contribution in [2.75, 3.05) is 18.4 Å². The van der Waals surface area contributed by atoms with E-state index in [9.17, 15) is 8.42 Å². The molecular weight excluding hydrogens is 464 g/mol. The highest BCUT2D eigenvalue weighted by atomic mass is 32.2. The zero-order valence-corrected chi connectivity index (χ0v) is 20.4. The van der Waals surface area contributed by atoms with E-state index >= 15 is 0 Å². The lowest BCUT2D eigenvalue weighted by Gasteiger charge is -2.18. The van der Waals surface area contributed by atoms with Crippen LogP contribution in [-0.2, 0) is 15.8 Å². The number of nitrogens with zero attached hydrogens (tertiary/aromatic N) is 4. The van der Waals surface area contributed by atoms with Crippen LogP contribution in [0.2, 0.25) is 0 Å². The van der Waals surface area contributed by atoms with E-state index in [1.807, 2.05) is 45.0 Å². The molecule has 0 saturated carbocycles. The molecule has 0 amide bonds. The van der Waals surface area contributed by atoms with E-state index in [0.717, 1.165) is 26.5 Å². The first-order chi connectivity index (χ1) is 15.4. The summed E-state index contributed by atoms with van der Waals surface area (Å²) in [6.07, 6.45) is 0. The van der Waals surface area contributed by atoms with E-state index in [0.29, 0.717) is 24.4 Å². The third-order valence-electron chi connectivity index (χ3n) is 4.89. The molecule has 0 unspecified atom stereocenters. The number of hydrogen-bond acceptors (Lipinski definition) is 8. The summed E-state index contributed by atoms with van der Waals surface area (Å²) in [5.74, 6) is 1.33. The van der Waals surface area contributed by atoms with Crippen LogP contribution >= 0.6 is 23.1 Å². The normalized spacial score (nSPS) is 12.0. The minimum Gasteiger partial charge on any atom is -0.341 e. The molecule has 2 heterocycles. The fourth-order valence-electron chi connectivity index (χ4n) is 3.19. The zero-order chi connectivity index (χ0) is 22.7. The predicted octanol–water partition coefficient (Wildman–Crippen LogP) is 4.79. The number of nitrogens with one attached hydrogen (secondary N) is 2. The maximum absolute atomic E-state index is 12.8. The van der Waals surface area contributed by atoms with Crippen molar-refractivity contribution < 1.29 is 8.42 Å². The summed E-state index contributed by atoms with van der Waals surface area (Å²) in [6.45, 7) is 6.58. The lowest BCUT2D eigenvalue weighted by atomic mass is 10.2. The number of fused-ring (bicyclic) bond motifs is 1. The Morgan fingerprint density at radius 2 is 1.84 bits per heavy atom. The molecule has 32 heavy (non-hydrogen) atoms. The molecule has 11 heteroatoms. The number of aryl methyl sites for hydroxylation is 1. The Kier molecular flexibility index (Phi) is 6.79. The van der Waals surface area contributed by atoms with Gasteiger partial charge in [0.15, 0.2) is 4.34 Å². The number of aromatic nitrogens is 4. The lowest BCUT2D eigenvalue weighted by Crippen LogP contribution is -2.30. The molecule has 2 aromatic heterocycles. The Morgan fingerprint density at radius 1 is 1.09 bits per heavy atom. The summed E-state index contributed by atoms with van der Waals surface area (Å²) < 4.78 is 27.8. The quantitative estimate of drug-likeness (QED) is 0.326. The van der Waals surface area contributed by atoms with Crippen LogP contribution in [0.1, 0.15) is 25.2 Å². The number of benzene rings is 2. The van der Waals surface area contributed by atoms with Gasteiger partial charge in [0, 0.05) is 18.8 Å². The molecule has 0 atom stereocenters. The minimum atomic E-state index is -3.51. The van der Waals surface area contributed by atoms with Gasteiger partial charge in [0.1, 0.15) is 5.82 Å². The van der Waals surface area contributed by atoms with E-state index in [2.05, 4.69) is 25.5 Å². The van der Waals surface area contributed by atoms with Crippen LogP contribution in [0.25, 0.3) is 11.0 Å². The Bertz CT molecular complexity index is 1310. The molecule has 0 saturated heterocycles. The van der Waals surface area contributed by atoms with Gasteiger partial charge >= 0.3 is 0 Å². The van der Waals surface area contributed by atoms with Crippen molar-refractivity contribution in [1.82, 2.24) is 24.5 Å². The van der Waals surface area contributed by atoms with Crippen LogP contribution in [0.15, 0.2) is 51.7 Å². The molecular formula is C21H24N6O2S3. The third-order valence-corrected chi connectivity index (χ3v) is 8.92. The molecule has 0 radical (unpaired) electrons. The van der Waals surface area contributed by atoms with Crippen LogP contribution in [0, 0.1) is 6.92 Å². The van der Waals surface area contributed by atoms with Gasteiger partial charge < -0.3 is 10.3 Å². The standard InChI is InChI=1S/C21H24N6O2S3/c1-4-27(5-2)32(28,29)16-10-11-17-18(12-16)24-19(23-17)13-30-21-26-25-20(31-21)22-15-8-6-14(3)7-9-15/h6-12H,4-5,13H2,1-3H3,(H,22,25)(H,23,24). The second kappa shape index (κ2) is 9.57. The molecule has 0 aliphatic heterocycles. The number of thioether (sulfide) groups is 1. The Balaban J connectivity index is 1.44. The van der Waals surface area contributed by atoms with E-state index in [1.165, 1.54) is 33.0 Å². The Labute approximate surface area is 195 Å². The van der Waals surface area contributed by atoms with E-state index < -0.39 is 10.0 Å². The fraction of sp³-hybridized carbons (Fsp3) is 0.286. The van der Waals surface area contributed by atoms with Crippen molar-refractivity contribution in [3.63, 3.8) is 0 Å². The molecule has 0 fully saturated rings. The summed E-state index contributed by atoms with van der Waals surface area (Å²) >= 11 is 3.00. The van der Waals surface area contributed by atoms with E-state index in [4.69, 9.17) is 0 Å². The topological polar surface area (TPSA) is 104 Å². The van der Waals surface area contributed by atoms with Crippen LogP contribution in [0.3, 0.4) is 0 Å². The van der Waals surface area contributed by atoms with Gasteiger partial charge in [-0.3, -0.25) is 0 Å². The number of H-pyrrole nitrogens is 1. The van der Waals surface area contributed by atoms with Gasteiger partial charge in [-0.05, 0) is 37.3 Å². The van der Waals surface area contributed by atoms with Crippen molar-refractivity contribution >= 4 is 55.0 Å². The maximum Gasteiger partial charge on any atom is 0.243 e. The van der Waals surface area contributed by atoms with Gasteiger partial charge in [0.05, 0.1) is 21.7 Å². The van der Waals surface area contributed by atoms with E-state index in [-0.39, 0.29) is 4.90 Å². The van der Waals surface area contributed by atoms with Gasteiger partial charge in [-0.25, -0.2) is 13.4 Å². The van der Waals surface area contributed by atoms with Gasteiger partial charge in [0.25, 0.3) is 0 Å². The summed E-state index contributed by atoms with van der Waals surface area (Å²) in [7, 11) is -3.51. The summed E-state index contributed by atoms with van der Waals surface area (Å²) in [5, 5.41) is 12.4. The molecule has 2 aromatic carbocycles. The molecule has 0 bridgehead atoms. The van der Waals surface area contributed by atoms with Crippen molar-refractivity contribution in [3.8, 4) is 0 Å². The molecule has 0 aliphatic rings. The molecule has 2 N–H and O–H groups in total. The van der Waals surface area contributed by atoms with Crippen LogP contribution < -0.4 is 5.32 Å². The highest BCUT2D eigenvalue weighted by Gasteiger charge is 2.22. The highest BCUT2D eigenvalue weighted by molar-refractivity contribution is 8.00. The zero-order valence-electron chi connectivity index (χ0n) is 18.0. The Hall–Kier alpha value is -2.47. The van der Waals surface area contributed by atoms with E-state index in [1.54, 1.807) is 18.2 Å². The number of hydrogen-bond donors (Lipinski definition) is 2. The Morgan fingerprint density at radius 3 is 2.56 bits per heavy atom. The monoisotopic (exact) mass is 488 g/mol. The second-order valence-electron chi connectivity index (χ2n) is 7.10. The van der Waals surface area contributed by atoms with Crippen molar-refractivity contribution in [2.45, 2.75) is 35.8 Å². The summed E-state index contributed by atoms with van der Waals surface area (Å²) in [6, 6.07) is 13.1. The molecule has 4 aromatic rings. The molecule has 0 aliphatic carbocycles. The minimum absolute atomic E-state index is 0.271. The lowest BCUT2D eigenvalue weighted by molar-refractivity contribution is 0.445. The van der Waals surface area contributed by atoms with Gasteiger partial charge in [-0.2, -0.15) is 4.31 Å². The smallest absolute Gasteiger partial charge is 0.243 e. The largest absolute Gasteiger partial charge is 0.341 e. The molecule has 4 rings (SSSR count). The van der Waals surface area contributed by atoms with Crippen molar-refractivity contribution in [2.24, 2.45) is 0 Å². The number of anilines is 2. The summed E-state index contributed by atoms with van der Waals surface area (Å²) in [5.41, 5.74) is 3.61. The van der Waals surface area contributed by atoms with Crippen molar-refractivity contribution in [3.05, 3.63) is 53.9 Å². The molecule has 8 nitrogen and oxygen atoms in total. The first kappa shape index (κ1) is 22.7. The average molecular weight is 489 g/mol. The first-order valence-electron chi connectivity index (χ1n) is 10.2. The third kappa shape index (κ3) is 4.96. The first-order valence-corrected chi connectivity index (χ1v) is 13.4. The average Bonchev–Trinajstić information content (AvgIpc) is 3.40. The van der Waals surface area contributed by atoms with Gasteiger partial charge in [-0.15, -0.1) is 10.2 Å². The number of imidazole rings is 1. The summed E-state index contributed by atoms with van der Waals surface area (Å²) in [4.78, 5) is 8.08. The molecule has 0 spiro atoms. The fourth-order valence-corrected chi connectivity index (χ4v) is 6.32. The van der Waals surface area contributed by atoms with Gasteiger partial charge in [-0.1, -0.05) is 54.6 Å². The van der Waals surface area contributed by atoms with Gasteiger partial charge in [0.2, 0.25) is 15.2 Å². The van der Waals surface area contributed by atoms with Crippen LogP contribution in [0.5, 0.6) is 0 Å².